The van der Waals surface area contributed by atoms with E-state index in [-0.39, 0.29) is 4.90 Å². The summed E-state index contributed by atoms with van der Waals surface area (Å²) in [5, 5.41) is 5.03. The summed E-state index contributed by atoms with van der Waals surface area (Å²) in [5.74, 6) is 0. The molecule has 0 heterocycles. The minimum Gasteiger partial charge on any atom is -0.225 e. The van der Waals surface area contributed by atoms with E-state index < -0.39 is 26.7 Å². The van der Waals surface area contributed by atoms with E-state index in [0.717, 1.165) is 28.4 Å². The van der Waals surface area contributed by atoms with Crippen LogP contribution in [0, 0.1) is 0 Å². The van der Waals surface area contributed by atoms with Crippen LogP contribution in [0.2, 0.25) is 0 Å². The maximum Gasteiger partial charge on any atom is 0.416 e. The number of hydrogen-bond acceptors (Lipinski definition) is 3. The van der Waals surface area contributed by atoms with Crippen molar-refractivity contribution in [2.45, 2.75) is 20.9 Å². The Hall–Kier alpha value is -1.03. The molecule has 0 fully saturated rings. The van der Waals surface area contributed by atoms with Crippen molar-refractivity contribution in [3.05, 3.63) is 52.5 Å². The minimum absolute atomic E-state index is 0.137. The van der Waals surface area contributed by atoms with Gasteiger partial charge >= 0.3 is 6.18 Å². The maximum atomic E-state index is 12.7. The molecule has 0 aliphatic heterocycles. The molecule has 0 aliphatic rings. The van der Waals surface area contributed by atoms with Crippen LogP contribution in [0.4, 0.5) is 13.2 Å². The largest absolute Gasteiger partial charge is 0.416 e. The first kappa shape index (κ1) is 17.3. The van der Waals surface area contributed by atoms with Gasteiger partial charge in [0.1, 0.15) is 0 Å². The summed E-state index contributed by atoms with van der Waals surface area (Å²) in [6, 6.07) is 9.38. The molecule has 2 aromatic carbocycles. The summed E-state index contributed by atoms with van der Waals surface area (Å²) in [6.45, 7) is 0. The molecule has 0 amide bonds. The van der Waals surface area contributed by atoms with Gasteiger partial charge in [0.25, 0.3) is 0 Å². The third-order valence-corrected chi connectivity index (χ3v) is 5.31. The molecule has 0 aromatic heterocycles. The normalized spacial score (nSPS) is 12.4. The first-order valence-corrected chi connectivity index (χ1v) is 8.90. The monoisotopic (exact) mass is 411 g/mol. The van der Waals surface area contributed by atoms with Crippen LogP contribution in [0.1, 0.15) is 5.56 Å². The molecule has 0 bridgehead atoms. The highest BCUT2D eigenvalue weighted by atomic mass is 79.9. The molecule has 0 unspecified atom stereocenters. The maximum absolute atomic E-state index is 12.7. The van der Waals surface area contributed by atoms with Crippen molar-refractivity contribution in [2.75, 3.05) is 0 Å². The molecule has 2 aromatic rings. The Balaban J connectivity index is 2.49. The molecule has 0 radical (unpaired) electrons. The highest BCUT2D eigenvalue weighted by molar-refractivity contribution is 9.10. The van der Waals surface area contributed by atoms with Gasteiger partial charge in [-0.3, -0.25) is 0 Å². The number of primary sulfonamides is 1. The van der Waals surface area contributed by atoms with Gasteiger partial charge < -0.3 is 0 Å². The Kier molecular flexibility index (Phi) is 4.90. The number of nitrogens with two attached hydrogens (primary N) is 1. The van der Waals surface area contributed by atoms with E-state index in [2.05, 4.69) is 15.9 Å². The van der Waals surface area contributed by atoms with Crippen molar-refractivity contribution in [1.29, 1.82) is 0 Å². The zero-order valence-electron chi connectivity index (χ0n) is 10.8. The van der Waals surface area contributed by atoms with E-state index in [0.29, 0.717) is 11.0 Å². The van der Waals surface area contributed by atoms with Crippen LogP contribution >= 0.6 is 27.7 Å². The lowest BCUT2D eigenvalue weighted by molar-refractivity contribution is -0.137. The van der Waals surface area contributed by atoms with Crippen molar-refractivity contribution in [3.8, 4) is 0 Å². The Morgan fingerprint density at radius 1 is 1.05 bits per heavy atom. The van der Waals surface area contributed by atoms with Gasteiger partial charge in [-0.05, 0) is 42.5 Å². The average molecular weight is 412 g/mol. The molecule has 3 nitrogen and oxygen atoms in total. The molecule has 0 spiro atoms. The predicted octanol–water partition coefficient (Wildman–Crippen LogP) is 4.27. The van der Waals surface area contributed by atoms with Crippen LogP contribution in [-0.2, 0) is 16.2 Å². The van der Waals surface area contributed by atoms with Gasteiger partial charge in [0.05, 0.1) is 10.5 Å². The Morgan fingerprint density at radius 2 is 1.64 bits per heavy atom. The second-order valence-electron chi connectivity index (χ2n) is 4.26. The van der Waals surface area contributed by atoms with Crippen molar-refractivity contribution < 1.29 is 21.6 Å². The van der Waals surface area contributed by atoms with Crippen molar-refractivity contribution in [1.82, 2.24) is 0 Å². The van der Waals surface area contributed by atoms with E-state index in [1.165, 1.54) is 0 Å². The molecule has 9 heteroatoms. The minimum atomic E-state index is -4.64. The fraction of sp³-hybridized carbons (Fsp3) is 0.0769. The van der Waals surface area contributed by atoms with E-state index in [1.54, 1.807) is 24.3 Å². The van der Waals surface area contributed by atoms with Crippen molar-refractivity contribution >= 4 is 37.7 Å². The summed E-state index contributed by atoms with van der Waals surface area (Å²) in [7, 11) is -4.27. The van der Waals surface area contributed by atoms with Crippen LogP contribution in [0.15, 0.2) is 61.6 Å². The molecule has 0 aliphatic carbocycles. The molecule has 0 atom stereocenters. The molecular formula is C13H9BrF3NO2S2. The van der Waals surface area contributed by atoms with E-state index in [9.17, 15) is 21.6 Å². The quantitative estimate of drug-likeness (QED) is 0.820. The van der Waals surface area contributed by atoms with E-state index >= 15 is 0 Å². The summed E-state index contributed by atoms with van der Waals surface area (Å²) >= 11 is 4.28. The first-order valence-electron chi connectivity index (χ1n) is 5.75. The zero-order valence-corrected chi connectivity index (χ0v) is 14.0. The topological polar surface area (TPSA) is 60.2 Å². The highest BCUT2D eigenvalue weighted by Gasteiger charge is 2.32. The summed E-state index contributed by atoms with van der Waals surface area (Å²) in [6.07, 6.45) is -4.64. The first-order chi connectivity index (χ1) is 10.1. The highest BCUT2D eigenvalue weighted by Crippen LogP contribution is 2.37. The van der Waals surface area contributed by atoms with Crippen LogP contribution < -0.4 is 5.14 Å². The molecule has 2 N–H and O–H groups in total. The number of sulfonamides is 1. The standard InChI is InChI=1S/C13H9BrF3NO2S2/c14-9-2-4-10(5-3-9)21-11-6-1-8(13(15,16)17)7-12(11)22(18,19)20/h1-7H,(H2,18,19,20). The van der Waals surface area contributed by atoms with Gasteiger partial charge in [-0.2, -0.15) is 13.2 Å². The number of hydrogen-bond donors (Lipinski definition) is 1. The van der Waals surface area contributed by atoms with Crippen LogP contribution in [0.3, 0.4) is 0 Å². The van der Waals surface area contributed by atoms with Crippen LogP contribution in [0.5, 0.6) is 0 Å². The predicted molar refractivity (Wildman–Crippen MR) is 81.1 cm³/mol. The number of rotatable bonds is 3. The molecule has 118 valence electrons. The van der Waals surface area contributed by atoms with Crippen molar-refractivity contribution in [3.63, 3.8) is 0 Å². The third kappa shape index (κ3) is 4.25. The SMILES string of the molecule is NS(=O)(=O)c1cc(C(F)(F)F)ccc1Sc1ccc(Br)cc1. The van der Waals surface area contributed by atoms with Gasteiger partial charge in [-0.15, -0.1) is 0 Å². The second kappa shape index (κ2) is 6.23. The zero-order chi connectivity index (χ0) is 16.5. The lowest BCUT2D eigenvalue weighted by Gasteiger charge is -2.12. The fourth-order valence-corrected chi connectivity index (χ4v) is 3.82. The van der Waals surface area contributed by atoms with Gasteiger partial charge in [-0.1, -0.05) is 27.7 Å². The van der Waals surface area contributed by atoms with Gasteiger partial charge in [0.2, 0.25) is 10.0 Å². The number of halogens is 4. The average Bonchev–Trinajstić information content (AvgIpc) is 2.39. The number of alkyl halides is 3. The van der Waals surface area contributed by atoms with E-state index in [4.69, 9.17) is 5.14 Å². The fourth-order valence-electron chi connectivity index (χ4n) is 1.62. The second-order valence-corrected chi connectivity index (χ2v) is 7.82. The lowest BCUT2D eigenvalue weighted by atomic mass is 10.2. The summed E-state index contributed by atoms with van der Waals surface area (Å²) in [4.78, 5) is 0.265. The molecule has 2 rings (SSSR count). The van der Waals surface area contributed by atoms with Gasteiger partial charge in [-0.25, -0.2) is 13.6 Å². The van der Waals surface area contributed by atoms with Gasteiger partial charge in [0.15, 0.2) is 0 Å². The molecular weight excluding hydrogens is 403 g/mol. The summed E-state index contributed by atoms with van der Waals surface area (Å²) in [5.41, 5.74) is -1.06. The number of benzene rings is 2. The lowest BCUT2D eigenvalue weighted by Crippen LogP contribution is -2.15. The Morgan fingerprint density at radius 3 is 2.14 bits per heavy atom. The van der Waals surface area contributed by atoms with E-state index in [1.807, 2.05) is 0 Å². The summed E-state index contributed by atoms with van der Waals surface area (Å²) < 4.78 is 62.1. The smallest absolute Gasteiger partial charge is 0.225 e. The Bertz CT molecular complexity index is 790. The Labute approximate surface area is 137 Å². The van der Waals surface area contributed by atoms with Gasteiger partial charge in [0, 0.05) is 14.3 Å². The molecule has 0 saturated heterocycles. The molecule has 22 heavy (non-hydrogen) atoms. The third-order valence-electron chi connectivity index (χ3n) is 2.62. The molecule has 0 saturated carbocycles. The van der Waals surface area contributed by atoms with Crippen LogP contribution in [-0.4, -0.2) is 8.42 Å². The van der Waals surface area contributed by atoms with Crippen LogP contribution in [0.25, 0.3) is 0 Å². The van der Waals surface area contributed by atoms with Crippen molar-refractivity contribution in [2.24, 2.45) is 5.14 Å².